The molecule has 4 nitrogen and oxygen atoms in total. The highest BCUT2D eigenvalue weighted by Gasteiger charge is 2.20. The molecule has 18 heavy (non-hydrogen) atoms. The Morgan fingerprint density at radius 1 is 1.11 bits per heavy atom. The number of hydrogen-bond acceptors (Lipinski definition) is 4. The third-order valence-corrected chi connectivity index (χ3v) is 3.52. The van der Waals surface area contributed by atoms with E-state index >= 15 is 0 Å². The quantitative estimate of drug-likeness (QED) is 0.791. The van der Waals surface area contributed by atoms with Crippen LogP contribution in [0.3, 0.4) is 0 Å². The van der Waals surface area contributed by atoms with Gasteiger partial charge in [0.15, 0.2) is 0 Å². The summed E-state index contributed by atoms with van der Waals surface area (Å²) < 4.78 is 10.0. The summed E-state index contributed by atoms with van der Waals surface area (Å²) in [4.78, 5) is 23.2. The van der Waals surface area contributed by atoms with Crippen molar-refractivity contribution in [3.8, 4) is 0 Å². The van der Waals surface area contributed by atoms with Gasteiger partial charge in [0.05, 0.1) is 33.8 Å². The predicted octanol–water partition coefficient (Wildman–Crippen LogP) is 3.46. The van der Waals surface area contributed by atoms with E-state index in [1.54, 1.807) is 13.8 Å². The molecule has 0 N–H and O–H groups in total. The highest BCUT2D eigenvalue weighted by molar-refractivity contribution is 9.10. The zero-order valence-electron chi connectivity index (χ0n) is 9.96. The number of halogens is 2. The first kappa shape index (κ1) is 15.0. The molecule has 0 heterocycles. The molecule has 0 fully saturated rings. The van der Waals surface area contributed by atoms with Crippen molar-refractivity contribution in [3.63, 3.8) is 0 Å². The Balaban J connectivity index is 3.12. The molecule has 0 radical (unpaired) electrons. The molecule has 0 spiro atoms. The fourth-order valence-corrected chi connectivity index (χ4v) is 2.03. The summed E-state index contributed by atoms with van der Waals surface area (Å²) in [5.74, 6) is -1.03. The number of hydrogen-bond donors (Lipinski definition) is 0. The van der Waals surface area contributed by atoms with Crippen LogP contribution in [0.15, 0.2) is 16.6 Å². The number of carbonyl (C=O) groups is 2. The lowest BCUT2D eigenvalue weighted by Crippen LogP contribution is -2.09. The van der Waals surface area contributed by atoms with Gasteiger partial charge in [-0.25, -0.2) is 9.59 Å². The van der Waals surface area contributed by atoms with Crippen LogP contribution < -0.4 is 0 Å². The van der Waals surface area contributed by atoms with Crippen LogP contribution in [-0.4, -0.2) is 25.2 Å². The van der Waals surface area contributed by atoms with Crippen LogP contribution >= 0.6 is 27.5 Å². The molecular weight excluding hydrogens is 323 g/mol. The Kier molecular flexibility index (Phi) is 5.62. The summed E-state index contributed by atoms with van der Waals surface area (Å²) in [6.45, 7) is 3.93. The second-order valence-corrected chi connectivity index (χ2v) is 4.40. The van der Waals surface area contributed by atoms with E-state index in [-0.39, 0.29) is 29.4 Å². The van der Waals surface area contributed by atoms with Crippen LogP contribution in [0.1, 0.15) is 34.6 Å². The van der Waals surface area contributed by atoms with E-state index in [0.29, 0.717) is 4.47 Å². The van der Waals surface area contributed by atoms with Crippen molar-refractivity contribution in [1.82, 2.24) is 0 Å². The van der Waals surface area contributed by atoms with Gasteiger partial charge in [-0.2, -0.15) is 0 Å². The van der Waals surface area contributed by atoms with Crippen molar-refractivity contribution in [3.05, 3.63) is 32.8 Å². The number of ether oxygens (including phenoxy) is 2. The Labute approximate surface area is 118 Å². The molecule has 0 saturated carbocycles. The molecule has 1 aromatic carbocycles. The summed E-state index contributed by atoms with van der Waals surface area (Å²) >= 11 is 9.20. The highest BCUT2D eigenvalue weighted by Crippen LogP contribution is 2.31. The molecule has 0 aliphatic rings. The Morgan fingerprint density at radius 2 is 1.56 bits per heavy atom. The molecule has 1 aromatic rings. The first-order chi connectivity index (χ1) is 8.52. The molecule has 1 rings (SSSR count). The topological polar surface area (TPSA) is 52.6 Å². The molecule has 0 bridgehead atoms. The van der Waals surface area contributed by atoms with Gasteiger partial charge >= 0.3 is 11.9 Å². The van der Waals surface area contributed by atoms with Gasteiger partial charge < -0.3 is 9.47 Å². The van der Waals surface area contributed by atoms with Crippen LogP contribution in [0.4, 0.5) is 0 Å². The molecule has 0 amide bonds. The normalized spacial score (nSPS) is 10.0. The first-order valence-electron chi connectivity index (χ1n) is 5.35. The van der Waals surface area contributed by atoms with E-state index in [0.717, 1.165) is 0 Å². The van der Waals surface area contributed by atoms with E-state index in [9.17, 15) is 9.59 Å². The SMILES string of the molecule is CCOC(=O)c1ccc(C(=O)OCC)c(Br)c1Cl. The maximum Gasteiger partial charge on any atom is 0.339 e. The summed E-state index contributed by atoms with van der Waals surface area (Å²) in [6, 6.07) is 2.91. The average Bonchev–Trinajstić information content (AvgIpc) is 2.33. The maximum absolute atomic E-state index is 11.6. The van der Waals surface area contributed by atoms with Crippen LogP contribution in [0, 0.1) is 0 Å². The van der Waals surface area contributed by atoms with Crippen molar-refractivity contribution < 1.29 is 19.1 Å². The van der Waals surface area contributed by atoms with Gasteiger partial charge in [-0.1, -0.05) is 11.6 Å². The van der Waals surface area contributed by atoms with Crippen LogP contribution in [0.2, 0.25) is 5.02 Å². The van der Waals surface area contributed by atoms with Crippen molar-refractivity contribution in [1.29, 1.82) is 0 Å². The van der Waals surface area contributed by atoms with Crippen LogP contribution in [0.5, 0.6) is 0 Å². The Morgan fingerprint density at radius 3 is 2.06 bits per heavy atom. The summed E-state index contributed by atoms with van der Waals surface area (Å²) in [5, 5.41) is 0.138. The van der Waals surface area contributed by atoms with Gasteiger partial charge in [0.1, 0.15) is 0 Å². The van der Waals surface area contributed by atoms with Gasteiger partial charge in [-0.05, 0) is 41.9 Å². The summed E-state index contributed by atoms with van der Waals surface area (Å²) in [7, 11) is 0. The van der Waals surface area contributed by atoms with Crippen molar-refractivity contribution in [2.45, 2.75) is 13.8 Å². The zero-order chi connectivity index (χ0) is 13.7. The number of rotatable bonds is 4. The summed E-state index contributed by atoms with van der Waals surface area (Å²) in [5.41, 5.74) is 0.480. The smallest absolute Gasteiger partial charge is 0.339 e. The van der Waals surface area contributed by atoms with Crippen molar-refractivity contribution in [2.75, 3.05) is 13.2 Å². The molecule has 0 unspecified atom stereocenters. The maximum atomic E-state index is 11.6. The Bertz CT molecular complexity index is 430. The first-order valence-corrected chi connectivity index (χ1v) is 6.52. The monoisotopic (exact) mass is 334 g/mol. The van der Waals surface area contributed by atoms with Gasteiger partial charge in [0, 0.05) is 0 Å². The van der Waals surface area contributed by atoms with Crippen LogP contribution in [0.25, 0.3) is 0 Å². The minimum absolute atomic E-state index is 0.138. The number of carbonyl (C=O) groups excluding carboxylic acids is 2. The van der Waals surface area contributed by atoms with E-state index in [1.807, 2.05) is 0 Å². The van der Waals surface area contributed by atoms with Crippen molar-refractivity contribution >= 4 is 39.5 Å². The second kappa shape index (κ2) is 6.75. The average molecular weight is 336 g/mol. The lowest BCUT2D eigenvalue weighted by Gasteiger charge is -2.09. The molecule has 98 valence electrons. The fraction of sp³-hybridized carbons (Fsp3) is 0.333. The molecule has 0 aromatic heterocycles. The number of esters is 2. The fourth-order valence-electron chi connectivity index (χ4n) is 1.28. The molecule has 0 saturated heterocycles. The van der Waals surface area contributed by atoms with Crippen molar-refractivity contribution in [2.24, 2.45) is 0 Å². The third kappa shape index (κ3) is 3.23. The van der Waals surface area contributed by atoms with E-state index in [2.05, 4.69) is 15.9 Å². The predicted molar refractivity (Wildman–Crippen MR) is 71.1 cm³/mol. The molecule has 0 atom stereocenters. The lowest BCUT2D eigenvalue weighted by atomic mass is 10.1. The highest BCUT2D eigenvalue weighted by atomic mass is 79.9. The molecule has 0 aliphatic carbocycles. The van der Waals surface area contributed by atoms with Gasteiger partial charge in [0.2, 0.25) is 0 Å². The van der Waals surface area contributed by atoms with E-state index < -0.39 is 11.9 Å². The minimum Gasteiger partial charge on any atom is -0.462 e. The molecular formula is C12H12BrClO4. The van der Waals surface area contributed by atoms with Gasteiger partial charge in [-0.15, -0.1) is 0 Å². The Hall–Kier alpha value is -1.07. The number of benzene rings is 1. The minimum atomic E-state index is -0.529. The second-order valence-electron chi connectivity index (χ2n) is 3.23. The molecule has 6 heteroatoms. The largest absolute Gasteiger partial charge is 0.462 e. The lowest BCUT2D eigenvalue weighted by molar-refractivity contribution is 0.0510. The third-order valence-electron chi connectivity index (χ3n) is 2.07. The molecule has 0 aliphatic heterocycles. The van der Waals surface area contributed by atoms with E-state index in [1.165, 1.54) is 12.1 Å². The van der Waals surface area contributed by atoms with Gasteiger partial charge in [0.25, 0.3) is 0 Å². The van der Waals surface area contributed by atoms with E-state index in [4.69, 9.17) is 21.1 Å². The zero-order valence-corrected chi connectivity index (χ0v) is 12.3. The standard InChI is InChI=1S/C12H12BrClO4/c1-3-17-11(15)7-5-6-8(10(14)9(7)13)12(16)18-4-2/h5-6H,3-4H2,1-2H3. The van der Waals surface area contributed by atoms with Crippen LogP contribution in [-0.2, 0) is 9.47 Å². The van der Waals surface area contributed by atoms with Gasteiger partial charge in [-0.3, -0.25) is 0 Å². The summed E-state index contributed by atoms with van der Waals surface area (Å²) in [6.07, 6.45) is 0.